The number of carbonyl (C=O) groups excluding carboxylic acids is 12. The molecule has 4 N–H and O–H groups in total. The molecule has 4 unspecified atom stereocenters. The summed E-state index contributed by atoms with van der Waals surface area (Å²) in [5.41, 5.74) is 10.3. The van der Waals surface area contributed by atoms with Crippen LogP contribution in [0.4, 0.5) is 11.4 Å². The van der Waals surface area contributed by atoms with Crippen LogP contribution in [0.15, 0.2) is 158 Å². The highest BCUT2D eigenvalue weighted by Gasteiger charge is 2.42. The Morgan fingerprint density at radius 2 is 0.532 bits per heavy atom. The average Bonchev–Trinajstić information content (AvgIpc) is 0.813. The first-order valence-electron chi connectivity index (χ1n) is 43.6. The molecule has 0 spiro atoms. The lowest BCUT2D eigenvalue weighted by molar-refractivity contribution is -0.150. The van der Waals surface area contributed by atoms with Gasteiger partial charge in [0.25, 0.3) is 0 Å². The molecule has 0 heterocycles. The molecule has 0 fully saturated rings. The normalized spacial score (nSPS) is 13.3. The van der Waals surface area contributed by atoms with Crippen LogP contribution in [0.25, 0.3) is 24.3 Å². The van der Waals surface area contributed by atoms with Gasteiger partial charge in [-0.15, -0.1) is 0 Å². The van der Waals surface area contributed by atoms with E-state index in [2.05, 4.69) is 27.7 Å². The van der Waals surface area contributed by atoms with Crippen LogP contribution < -0.4 is 20.9 Å². The van der Waals surface area contributed by atoms with Crippen LogP contribution >= 0.6 is 0 Å². The van der Waals surface area contributed by atoms with E-state index in [1.54, 1.807) is 48.5 Å². The van der Waals surface area contributed by atoms with Gasteiger partial charge in [-0.25, -0.2) is 47.9 Å². The van der Waals surface area contributed by atoms with Crippen molar-refractivity contribution in [3.8, 4) is 11.5 Å². The Bertz CT molecular complexity index is 4200. The maximum Gasteiger partial charge on any atom is 0.338 e. The SMILES string of the molecule is CCCC(CC)COC(=O)/C=C/c1ccc(C(=O)OCC(C)(COC(=O)c2ccc(/C=C/C(=O)OCC(CC)CCC)cc2)C(=O)Oc2cc(OC(=O)C(C)(COC(=O)c3ccc(/C=C/C(=O)OCC(CC)CCC)cc3)COC(=O)c3ccc(/C=C/C(=O)OCC(CC)CCC)cc3)cc(C(=O)OCCCCCCCCOC(=O)c3cc(N)cc(N)c3)c2)cc1. The molecule has 0 aliphatic carbocycles. The van der Waals surface area contributed by atoms with Gasteiger partial charge in [0.1, 0.15) is 48.8 Å². The highest BCUT2D eigenvalue weighted by molar-refractivity contribution is 5.96. The van der Waals surface area contributed by atoms with Gasteiger partial charge < -0.3 is 68.3 Å². The van der Waals surface area contributed by atoms with Crippen LogP contribution in [0.1, 0.15) is 269 Å². The van der Waals surface area contributed by atoms with E-state index >= 15 is 9.59 Å². The van der Waals surface area contributed by atoms with Gasteiger partial charge in [-0.3, -0.25) is 9.59 Å². The summed E-state index contributed by atoms with van der Waals surface area (Å²) in [4.78, 5) is 164. The maximum atomic E-state index is 15.1. The molecule has 6 aromatic rings. The second kappa shape index (κ2) is 55.0. The fourth-order valence-corrected chi connectivity index (χ4v) is 12.8. The monoisotopic (exact) mass is 1740 g/mol. The second-order valence-electron chi connectivity index (χ2n) is 31.8. The van der Waals surface area contributed by atoms with Crippen molar-refractivity contribution in [3.63, 3.8) is 0 Å². The van der Waals surface area contributed by atoms with Crippen molar-refractivity contribution >= 4 is 107 Å². The average molecular weight is 1740 g/mol. The van der Waals surface area contributed by atoms with Crippen molar-refractivity contribution in [2.24, 2.45) is 34.5 Å². The van der Waals surface area contributed by atoms with E-state index in [-0.39, 0.29) is 96.7 Å². The number of hydrogen-bond donors (Lipinski definition) is 2. The first-order valence-corrected chi connectivity index (χ1v) is 43.6. The Morgan fingerprint density at radius 3 is 0.778 bits per heavy atom. The van der Waals surface area contributed by atoms with E-state index in [1.807, 2.05) is 27.7 Å². The van der Waals surface area contributed by atoms with Gasteiger partial charge in [-0.2, -0.15) is 0 Å². The van der Waals surface area contributed by atoms with Crippen molar-refractivity contribution in [2.75, 3.05) is 77.5 Å². The summed E-state index contributed by atoms with van der Waals surface area (Å²) >= 11 is 0. The first-order chi connectivity index (χ1) is 60.5. The molecule has 678 valence electrons. The third-order valence-electron chi connectivity index (χ3n) is 21.0. The summed E-state index contributed by atoms with van der Waals surface area (Å²) in [6.07, 6.45) is 25.8. The summed E-state index contributed by atoms with van der Waals surface area (Å²) < 4.78 is 68.4. The molecular weight excluding hydrogens is 1610 g/mol. The molecule has 0 aromatic heterocycles. The van der Waals surface area contributed by atoms with Crippen LogP contribution in [0.3, 0.4) is 0 Å². The van der Waals surface area contributed by atoms with E-state index in [4.69, 9.17) is 68.3 Å². The molecular formula is C100H124N2O24. The number of anilines is 2. The molecule has 0 saturated heterocycles. The lowest BCUT2D eigenvalue weighted by Crippen LogP contribution is -2.42. The van der Waals surface area contributed by atoms with Gasteiger partial charge in [0.05, 0.1) is 73.0 Å². The number of rotatable bonds is 55. The van der Waals surface area contributed by atoms with Crippen molar-refractivity contribution in [1.82, 2.24) is 0 Å². The standard InChI is InChI=1S/C100H124N2O24/c1-11-25-69(15-5)61-117-87(103)49-37-73-29-41-77(42-30-73)91(107)121-65-99(9,66-122-92(108)78-43-31-74(32-44-78)38-50-88(104)118-62-70(16-6)26-12-2)97(113)125-85-57-82(96(112)116-54-24-22-20-19-21-23-53-115-95(111)81-55-83(101)59-84(102)56-81)58-86(60-85)126-98(114)100(10,67-123-93(109)79-45-33-75(34-46-79)39-51-89(105)119-63-71(17-7)27-13-3)68-124-94(110)80-47-35-76(36-48-80)40-52-90(106)120-64-72(18-8)28-14-4/h29-52,55-60,69-72H,11-28,53-54,61-68,101-102H2,1-10H3/b49-37+,50-38+,51-39+,52-40+. The number of hydrogen-bond acceptors (Lipinski definition) is 26. The van der Waals surface area contributed by atoms with Crippen molar-refractivity contribution in [2.45, 2.75) is 185 Å². The number of nitrogens with two attached hydrogens (primary N) is 2. The Labute approximate surface area is 739 Å². The third-order valence-corrected chi connectivity index (χ3v) is 21.0. The Morgan fingerprint density at radius 1 is 0.294 bits per heavy atom. The largest absolute Gasteiger partial charge is 0.462 e. The molecule has 26 heteroatoms. The van der Waals surface area contributed by atoms with Crippen molar-refractivity contribution < 1.29 is 114 Å². The lowest BCUT2D eigenvalue weighted by Gasteiger charge is -2.27. The third kappa shape index (κ3) is 36.8. The zero-order valence-corrected chi connectivity index (χ0v) is 74.4. The number of nitrogen functional groups attached to an aromatic ring is 2. The van der Waals surface area contributed by atoms with Crippen LogP contribution in [0.5, 0.6) is 11.5 Å². The van der Waals surface area contributed by atoms with Gasteiger partial charge in [0.15, 0.2) is 0 Å². The van der Waals surface area contributed by atoms with E-state index in [0.29, 0.717) is 65.7 Å². The summed E-state index contributed by atoms with van der Waals surface area (Å²) in [7, 11) is 0. The highest BCUT2D eigenvalue weighted by atomic mass is 16.6. The quantitative estimate of drug-likeness (QED) is 0.00894. The topological polar surface area (TPSA) is 368 Å². The van der Waals surface area contributed by atoms with E-state index in [9.17, 15) is 47.9 Å². The second-order valence-corrected chi connectivity index (χ2v) is 31.8. The van der Waals surface area contributed by atoms with Gasteiger partial charge in [-0.05, 0) is 201 Å². The van der Waals surface area contributed by atoms with Crippen LogP contribution in [0, 0.1) is 34.5 Å². The van der Waals surface area contributed by atoms with Gasteiger partial charge in [0.2, 0.25) is 0 Å². The van der Waals surface area contributed by atoms with E-state index in [0.717, 1.165) is 102 Å². The predicted octanol–water partition coefficient (Wildman–Crippen LogP) is 19.0. The number of unbranched alkanes of at least 4 members (excludes halogenated alkanes) is 5. The molecule has 6 rings (SSSR count). The smallest absolute Gasteiger partial charge is 0.338 e. The maximum absolute atomic E-state index is 15.1. The van der Waals surface area contributed by atoms with E-state index in [1.165, 1.54) is 129 Å². The van der Waals surface area contributed by atoms with Gasteiger partial charge in [-0.1, -0.05) is 181 Å². The zero-order chi connectivity index (χ0) is 91.8. The van der Waals surface area contributed by atoms with Gasteiger partial charge in [0, 0.05) is 41.7 Å². The number of ether oxygens (including phenoxy) is 12. The summed E-state index contributed by atoms with van der Waals surface area (Å²) in [5.74, 6) is -9.82. The van der Waals surface area contributed by atoms with Crippen LogP contribution in [-0.4, -0.2) is 138 Å². The molecule has 0 aliphatic heterocycles. The van der Waals surface area contributed by atoms with Crippen molar-refractivity contribution in [1.29, 1.82) is 0 Å². The first kappa shape index (κ1) is 102. The highest BCUT2D eigenvalue weighted by Crippen LogP contribution is 2.32. The fraction of sp³-hybridized carbons (Fsp3) is 0.440. The Hall–Kier alpha value is -12.5. The summed E-state index contributed by atoms with van der Waals surface area (Å²) in [6.45, 7) is 16.9. The Balaban J connectivity index is 1.31. The molecule has 26 nitrogen and oxygen atoms in total. The molecule has 0 aliphatic rings. The minimum Gasteiger partial charge on any atom is -0.462 e. The summed E-state index contributed by atoms with van der Waals surface area (Å²) in [5, 5.41) is 0. The van der Waals surface area contributed by atoms with Crippen LogP contribution in [-0.2, 0) is 76.1 Å². The molecule has 4 atom stereocenters. The fourth-order valence-electron chi connectivity index (χ4n) is 12.8. The molecule has 0 amide bonds. The molecule has 0 radical (unpaired) electrons. The number of benzene rings is 6. The minimum absolute atomic E-state index is 0.0204. The van der Waals surface area contributed by atoms with Gasteiger partial charge >= 0.3 is 71.6 Å². The van der Waals surface area contributed by atoms with Crippen molar-refractivity contribution in [3.05, 3.63) is 213 Å². The van der Waals surface area contributed by atoms with E-state index < -0.39 is 120 Å². The minimum atomic E-state index is -2.09. The zero-order valence-electron chi connectivity index (χ0n) is 74.4. The summed E-state index contributed by atoms with van der Waals surface area (Å²) in [6, 6.07) is 31.7. The van der Waals surface area contributed by atoms with Crippen LogP contribution in [0.2, 0.25) is 0 Å². The molecule has 126 heavy (non-hydrogen) atoms. The predicted molar refractivity (Wildman–Crippen MR) is 479 cm³/mol. The lowest BCUT2D eigenvalue weighted by atomic mass is 9.93. The number of carbonyl (C=O) groups is 12. The molecule has 0 saturated carbocycles. The molecule has 0 bridgehead atoms. The number of esters is 12. The molecule has 6 aromatic carbocycles. The Kier molecular flexibility index (Phi) is 44.7.